The largest absolute Gasteiger partial charge is 0.324 e. The smallest absolute Gasteiger partial charge is 0.246 e. The van der Waals surface area contributed by atoms with Gasteiger partial charge >= 0.3 is 0 Å². The van der Waals surface area contributed by atoms with Crippen LogP contribution in [0.3, 0.4) is 0 Å². The number of hydrogen-bond donors (Lipinski definition) is 2. The molecule has 0 radical (unpaired) electrons. The first-order valence-electron chi connectivity index (χ1n) is 5.01. The van der Waals surface area contributed by atoms with Crippen molar-refractivity contribution < 1.29 is 4.79 Å². The van der Waals surface area contributed by atoms with Crippen LogP contribution in [0.2, 0.25) is 0 Å². The zero-order valence-electron chi connectivity index (χ0n) is 8.83. The Kier molecular flexibility index (Phi) is 2.98. The van der Waals surface area contributed by atoms with E-state index in [0.717, 1.165) is 17.0 Å². The van der Waals surface area contributed by atoms with Gasteiger partial charge in [0.25, 0.3) is 0 Å². The first-order chi connectivity index (χ1) is 7.26. The minimum absolute atomic E-state index is 0.0335. The molecule has 1 aliphatic rings. The van der Waals surface area contributed by atoms with Crippen molar-refractivity contribution in [2.45, 2.75) is 17.9 Å². The first-order valence-corrected chi connectivity index (χ1v) is 5.99. The number of thioether (sulfide) groups is 1. The average molecular weight is 222 g/mol. The minimum Gasteiger partial charge on any atom is -0.324 e. The first kappa shape index (κ1) is 10.5. The van der Waals surface area contributed by atoms with Gasteiger partial charge in [0.05, 0.1) is 0 Å². The summed E-state index contributed by atoms with van der Waals surface area (Å²) < 4.78 is 0. The summed E-state index contributed by atoms with van der Waals surface area (Å²) in [6.45, 7) is 2.12. The van der Waals surface area contributed by atoms with E-state index in [1.165, 1.54) is 4.90 Å². The summed E-state index contributed by atoms with van der Waals surface area (Å²) in [7, 11) is 1.80. The van der Waals surface area contributed by atoms with Crippen LogP contribution >= 0.6 is 11.8 Å². The highest BCUT2D eigenvalue weighted by Gasteiger charge is 2.28. The van der Waals surface area contributed by atoms with Crippen LogP contribution in [0.4, 0.5) is 5.69 Å². The summed E-state index contributed by atoms with van der Waals surface area (Å²) in [4.78, 5) is 12.8. The molecule has 1 aromatic rings. The molecule has 3 nitrogen and oxygen atoms in total. The van der Waals surface area contributed by atoms with Gasteiger partial charge in [0.2, 0.25) is 5.91 Å². The molecule has 0 spiro atoms. The highest BCUT2D eigenvalue weighted by atomic mass is 32.2. The number of amides is 1. The van der Waals surface area contributed by atoms with Gasteiger partial charge in [0, 0.05) is 16.1 Å². The van der Waals surface area contributed by atoms with E-state index < -0.39 is 0 Å². The predicted molar refractivity (Wildman–Crippen MR) is 63.3 cm³/mol. The van der Waals surface area contributed by atoms with Gasteiger partial charge in [-0.2, -0.15) is 0 Å². The van der Waals surface area contributed by atoms with Crippen LogP contribution < -0.4 is 10.6 Å². The summed E-state index contributed by atoms with van der Waals surface area (Å²) in [5, 5.41) is 5.88. The van der Waals surface area contributed by atoms with Crippen molar-refractivity contribution in [2.75, 3.05) is 18.1 Å². The zero-order chi connectivity index (χ0) is 10.8. The lowest BCUT2D eigenvalue weighted by Crippen LogP contribution is -2.23. The Bertz CT molecular complexity index is 392. The van der Waals surface area contributed by atoms with E-state index in [1.54, 1.807) is 18.8 Å². The number of carbonyl (C=O) groups excluding carboxylic acids is 1. The number of benzene rings is 1. The molecular weight excluding hydrogens is 208 g/mol. The molecule has 1 amide bonds. The number of nitrogens with one attached hydrogen (secondary N) is 2. The van der Waals surface area contributed by atoms with Gasteiger partial charge in [-0.25, -0.2) is 0 Å². The van der Waals surface area contributed by atoms with E-state index in [1.807, 2.05) is 12.1 Å². The Hall–Kier alpha value is -1.00. The predicted octanol–water partition coefficient (Wildman–Crippen LogP) is 2.01. The summed E-state index contributed by atoms with van der Waals surface area (Å²) in [6, 6.07) is 5.93. The van der Waals surface area contributed by atoms with E-state index in [9.17, 15) is 4.79 Å². The Morgan fingerprint density at radius 2 is 2.33 bits per heavy atom. The summed E-state index contributed by atoms with van der Waals surface area (Å²) in [5.41, 5.74) is 1.99. The van der Waals surface area contributed by atoms with Crippen LogP contribution in [0.1, 0.15) is 18.5 Å². The van der Waals surface area contributed by atoms with Crippen molar-refractivity contribution in [1.29, 1.82) is 0 Å². The lowest BCUT2D eigenvalue weighted by atomic mass is 10.1. The van der Waals surface area contributed by atoms with Gasteiger partial charge in [0.1, 0.15) is 6.04 Å². The Labute approximate surface area is 93.6 Å². The lowest BCUT2D eigenvalue weighted by molar-refractivity contribution is -0.117. The van der Waals surface area contributed by atoms with Crippen molar-refractivity contribution in [3.05, 3.63) is 23.8 Å². The number of carbonyl (C=O) groups is 1. The van der Waals surface area contributed by atoms with E-state index in [2.05, 4.69) is 23.6 Å². The second-order valence-electron chi connectivity index (χ2n) is 3.39. The molecule has 1 aliphatic heterocycles. The van der Waals surface area contributed by atoms with E-state index >= 15 is 0 Å². The Morgan fingerprint density at radius 1 is 1.53 bits per heavy atom. The summed E-state index contributed by atoms with van der Waals surface area (Å²) in [5.74, 6) is 1.08. The number of hydrogen-bond acceptors (Lipinski definition) is 3. The maximum absolute atomic E-state index is 11.6. The molecule has 0 aromatic heterocycles. The highest BCUT2D eigenvalue weighted by Crippen LogP contribution is 2.33. The third-order valence-electron chi connectivity index (χ3n) is 2.46. The monoisotopic (exact) mass is 222 g/mol. The molecule has 0 aliphatic carbocycles. The molecule has 2 N–H and O–H groups in total. The number of rotatable bonds is 3. The zero-order valence-corrected chi connectivity index (χ0v) is 9.65. The second-order valence-corrected chi connectivity index (χ2v) is 4.73. The van der Waals surface area contributed by atoms with Crippen LogP contribution in [0.15, 0.2) is 23.1 Å². The third-order valence-corrected chi connectivity index (χ3v) is 3.33. The minimum atomic E-state index is -0.194. The lowest BCUT2D eigenvalue weighted by Gasteiger charge is -2.06. The summed E-state index contributed by atoms with van der Waals surface area (Å²) in [6.07, 6.45) is 0. The molecule has 1 aromatic carbocycles. The SMILES string of the molecule is CCSc1ccc2c(c1)NC(=O)C2NC. The molecule has 15 heavy (non-hydrogen) atoms. The highest BCUT2D eigenvalue weighted by molar-refractivity contribution is 7.99. The Morgan fingerprint density at radius 3 is 3.00 bits per heavy atom. The number of likely N-dealkylation sites (N-methyl/N-ethyl adjacent to an activating group) is 1. The molecule has 1 unspecified atom stereocenters. The van der Waals surface area contributed by atoms with Gasteiger partial charge < -0.3 is 10.6 Å². The molecular formula is C11H14N2OS. The molecule has 0 bridgehead atoms. The van der Waals surface area contributed by atoms with Crippen molar-refractivity contribution in [2.24, 2.45) is 0 Å². The van der Waals surface area contributed by atoms with Gasteiger partial charge in [0.15, 0.2) is 0 Å². The van der Waals surface area contributed by atoms with E-state index in [-0.39, 0.29) is 11.9 Å². The Balaban J connectivity index is 2.33. The molecule has 4 heteroatoms. The fraction of sp³-hybridized carbons (Fsp3) is 0.364. The second kappa shape index (κ2) is 4.24. The third kappa shape index (κ3) is 1.87. The molecule has 0 saturated heterocycles. The number of anilines is 1. The molecule has 0 fully saturated rings. The fourth-order valence-corrected chi connectivity index (χ4v) is 2.48. The normalized spacial score (nSPS) is 18.8. The molecule has 1 atom stereocenters. The average Bonchev–Trinajstić information content (AvgIpc) is 2.53. The fourth-order valence-electron chi connectivity index (χ4n) is 1.78. The van der Waals surface area contributed by atoms with Crippen molar-refractivity contribution in [3.63, 3.8) is 0 Å². The van der Waals surface area contributed by atoms with Crippen LogP contribution in [-0.4, -0.2) is 18.7 Å². The van der Waals surface area contributed by atoms with E-state index in [0.29, 0.717) is 0 Å². The van der Waals surface area contributed by atoms with Crippen molar-refractivity contribution in [3.8, 4) is 0 Å². The topological polar surface area (TPSA) is 41.1 Å². The van der Waals surface area contributed by atoms with Gasteiger partial charge in [-0.15, -0.1) is 11.8 Å². The maximum Gasteiger partial charge on any atom is 0.246 e. The van der Waals surface area contributed by atoms with Crippen LogP contribution in [0, 0.1) is 0 Å². The van der Waals surface area contributed by atoms with Crippen molar-refractivity contribution >= 4 is 23.4 Å². The number of fused-ring (bicyclic) bond motifs is 1. The molecule has 1 heterocycles. The van der Waals surface area contributed by atoms with Crippen LogP contribution in [0.5, 0.6) is 0 Å². The quantitative estimate of drug-likeness (QED) is 0.769. The molecule has 80 valence electrons. The van der Waals surface area contributed by atoms with Crippen molar-refractivity contribution in [1.82, 2.24) is 5.32 Å². The maximum atomic E-state index is 11.6. The molecule has 2 rings (SSSR count). The standard InChI is InChI=1S/C11H14N2OS/c1-3-15-7-4-5-8-9(6-7)13-11(14)10(8)12-2/h4-6,10,12H,3H2,1-2H3,(H,13,14). The van der Waals surface area contributed by atoms with Gasteiger partial charge in [-0.3, -0.25) is 4.79 Å². The summed E-state index contributed by atoms with van der Waals surface area (Å²) >= 11 is 1.78. The van der Waals surface area contributed by atoms with Gasteiger partial charge in [-0.1, -0.05) is 13.0 Å². The molecule has 0 saturated carbocycles. The van der Waals surface area contributed by atoms with Crippen LogP contribution in [0.25, 0.3) is 0 Å². The van der Waals surface area contributed by atoms with Crippen LogP contribution in [-0.2, 0) is 4.79 Å². The van der Waals surface area contributed by atoms with Gasteiger partial charge in [-0.05, 0) is 24.9 Å². The van der Waals surface area contributed by atoms with E-state index in [4.69, 9.17) is 0 Å².